The maximum atomic E-state index is 11.8. The predicted molar refractivity (Wildman–Crippen MR) is 102 cm³/mol. The molecule has 0 aromatic heterocycles. The van der Waals surface area contributed by atoms with E-state index in [1.54, 1.807) is 6.92 Å². The average molecular weight is 380 g/mol. The summed E-state index contributed by atoms with van der Waals surface area (Å²) in [5.41, 5.74) is 3.00. The van der Waals surface area contributed by atoms with Crippen LogP contribution in [0.15, 0.2) is 54.6 Å². The zero-order valence-corrected chi connectivity index (χ0v) is 15.5. The molecule has 7 heteroatoms. The zero-order chi connectivity index (χ0) is 18.4. The molecule has 0 saturated carbocycles. The molecule has 0 aliphatic rings. The Bertz CT molecular complexity index is 737. The molecule has 3 atom stereocenters. The SMILES string of the molecule is C[C@H](C[C@](S)(Cc1ccc(-c2ccccc2)cc1)S(=O)O)C(=O)ON. The van der Waals surface area contributed by atoms with Crippen molar-refractivity contribution in [3.05, 3.63) is 60.2 Å². The second-order valence-electron chi connectivity index (χ2n) is 5.98. The third kappa shape index (κ3) is 5.15. The molecule has 0 aliphatic carbocycles. The Balaban J connectivity index is 2.16. The minimum Gasteiger partial charge on any atom is -0.373 e. The normalized spacial score (nSPS) is 15.8. The van der Waals surface area contributed by atoms with Crippen LogP contribution in [-0.2, 0) is 27.1 Å². The summed E-state index contributed by atoms with van der Waals surface area (Å²) in [5.74, 6) is 3.61. The summed E-state index contributed by atoms with van der Waals surface area (Å²) in [6.07, 6.45) is 0.298. The fourth-order valence-corrected chi connectivity index (χ4v) is 3.79. The molecule has 0 radical (unpaired) electrons. The second kappa shape index (κ2) is 8.62. The van der Waals surface area contributed by atoms with Crippen LogP contribution in [0.5, 0.6) is 0 Å². The van der Waals surface area contributed by atoms with Gasteiger partial charge >= 0.3 is 5.97 Å². The van der Waals surface area contributed by atoms with Crippen molar-refractivity contribution in [2.75, 3.05) is 0 Å². The summed E-state index contributed by atoms with van der Waals surface area (Å²) in [6, 6.07) is 17.6. The summed E-state index contributed by atoms with van der Waals surface area (Å²) in [7, 11) is 0. The molecule has 134 valence electrons. The number of carbonyl (C=O) groups excluding carboxylic acids is 1. The van der Waals surface area contributed by atoms with Crippen LogP contribution in [-0.4, -0.2) is 18.8 Å². The molecule has 0 bridgehead atoms. The van der Waals surface area contributed by atoms with Gasteiger partial charge in [-0.15, -0.1) is 0 Å². The van der Waals surface area contributed by atoms with Crippen molar-refractivity contribution < 1.29 is 18.4 Å². The van der Waals surface area contributed by atoms with Gasteiger partial charge in [-0.25, -0.2) is 4.21 Å². The number of nitrogens with two attached hydrogens (primary N) is 1. The van der Waals surface area contributed by atoms with E-state index in [4.69, 9.17) is 5.90 Å². The van der Waals surface area contributed by atoms with Crippen LogP contribution in [0.4, 0.5) is 0 Å². The third-order valence-corrected chi connectivity index (χ3v) is 5.78. The van der Waals surface area contributed by atoms with E-state index in [1.165, 1.54) is 0 Å². The highest BCUT2D eigenvalue weighted by Gasteiger charge is 2.36. The number of hydrogen-bond donors (Lipinski definition) is 3. The van der Waals surface area contributed by atoms with Crippen LogP contribution in [0.3, 0.4) is 0 Å². The van der Waals surface area contributed by atoms with Crippen LogP contribution < -0.4 is 5.90 Å². The highest BCUT2D eigenvalue weighted by atomic mass is 32.2. The second-order valence-corrected chi connectivity index (χ2v) is 8.42. The average Bonchev–Trinajstić information content (AvgIpc) is 2.62. The fraction of sp³-hybridized carbons (Fsp3) is 0.278. The van der Waals surface area contributed by atoms with E-state index in [-0.39, 0.29) is 12.8 Å². The smallest absolute Gasteiger partial charge is 0.327 e. The maximum absolute atomic E-state index is 11.8. The standard InChI is InChI=1S/C18H21NO4S2/c1-13(17(20)23-19)11-18(24,25(21)22)12-14-7-9-16(10-8-14)15-5-3-2-4-6-15/h2-10,13,24H,11-12,19H2,1H3,(H,21,22)/t13-,18-/m1/s1. The minimum absolute atomic E-state index is 0.0652. The highest BCUT2D eigenvalue weighted by molar-refractivity contribution is 7.99. The molecule has 0 amide bonds. The predicted octanol–water partition coefficient (Wildman–Crippen LogP) is 3.19. The van der Waals surface area contributed by atoms with Gasteiger partial charge in [-0.2, -0.15) is 18.5 Å². The fourth-order valence-electron chi connectivity index (χ4n) is 2.65. The summed E-state index contributed by atoms with van der Waals surface area (Å²) in [5, 5.41) is 0. The minimum atomic E-state index is -2.23. The van der Waals surface area contributed by atoms with Crippen molar-refractivity contribution in [3.8, 4) is 11.1 Å². The molecule has 25 heavy (non-hydrogen) atoms. The van der Waals surface area contributed by atoms with E-state index in [2.05, 4.69) is 17.5 Å². The monoisotopic (exact) mass is 379 g/mol. The number of carbonyl (C=O) groups is 1. The molecule has 5 nitrogen and oxygen atoms in total. The Hall–Kier alpha value is -1.67. The molecule has 2 aromatic rings. The van der Waals surface area contributed by atoms with Gasteiger partial charge in [0, 0.05) is 6.42 Å². The van der Waals surface area contributed by atoms with Gasteiger partial charge in [0.15, 0.2) is 11.1 Å². The van der Waals surface area contributed by atoms with E-state index in [9.17, 15) is 13.6 Å². The molecule has 2 aromatic carbocycles. The first-order valence-corrected chi connectivity index (χ1v) is 9.29. The molecular formula is C18H21NO4S2. The Morgan fingerprint density at radius 1 is 1.20 bits per heavy atom. The molecule has 0 fully saturated rings. The lowest BCUT2D eigenvalue weighted by molar-refractivity contribution is -0.148. The van der Waals surface area contributed by atoms with Gasteiger partial charge in [-0.1, -0.05) is 61.5 Å². The van der Waals surface area contributed by atoms with E-state index >= 15 is 0 Å². The van der Waals surface area contributed by atoms with Crippen molar-refractivity contribution in [1.82, 2.24) is 0 Å². The van der Waals surface area contributed by atoms with Gasteiger partial charge in [0.25, 0.3) is 0 Å². The molecule has 0 heterocycles. The molecule has 2 rings (SSSR count). The van der Waals surface area contributed by atoms with E-state index < -0.39 is 27.0 Å². The lowest BCUT2D eigenvalue weighted by Gasteiger charge is -2.27. The molecule has 0 aliphatic heterocycles. The Morgan fingerprint density at radius 2 is 1.76 bits per heavy atom. The molecule has 0 spiro atoms. The Labute approximate surface area is 155 Å². The highest BCUT2D eigenvalue weighted by Crippen LogP contribution is 2.32. The van der Waals surface area contributed by atoms with Gasteiger partial charge in [0.2, 0.25) is 0 Å². The first kappa shape index (κ1) is 19.7. The van der Waals surface area contributed by atoms with Crippen molar-refractivity contribution >= 4 is 29.7 Å². The molecule has 3 N–H and O–H groups in total. The van der Waals surface area contributed by atoms with Crippen LogP contribution in [0.2, 0.25) is 0 Å². The molecular weight excluding hydrogens is 358 g/mol. The first-order valence-electron chi connectivity index (χ1n) is 7.74. The third-order valence-electron chi connectivity index (χ3n) is 4.01. The van der Waals surface area contributed by atoms with Gasteiger partial charge < -0.3 is 9.39 Å². The van der Waals surface area contributed by atoms with Crippen molar-refractivity contribution in [2.45, 2.75) is 23.8 Å². The topological polar surface area (TPSA) is 89.6 Å². The lowest BCUT2D eigenvalue weighted by Crippen LogP contribution is -2.35. The quantitative estimate of drug-likeness (QED) is 0.390. The van der Waals surface area contributed by atoms with E-state index in [0.29, 0.717) is 0 Å². The van der Waals surface area contributed by atoms with Crippen molar-refractivity contribution in [2.24, 2.45) is 11.8 Å². The van der Waals surface area contributed by atoms with Crippen LogP contribution >= 0.6 is 12.6 Å². The summed E-state index contributed by atoms with van der Waals surface area (Å²) in [6.45, 7) is 1.59. The van der Waals surface area contributed by atoms with Crippen LogP contribution in [0, 0.1) is 5.92 Å². The van der Waals surface area contributed by atoms with Gasteiger partial charge in [-0.05, 0) is 23.1 Å². The Morgan fingerprint density at radius 3 is 2.28 bits per heavy atom. The number of benzene rings is 2. The molecule has 1 unspecified atom stereocenters. The van der Waals surface area contributed by atoms with Crippen LogP contribution in [0.1, 0.15) is 18.9 Å². The maximum Gasteiger partial charge on any atom is 0.327 e. The van der Waals surface area contributed by atoms with Gasteiger partial charge in [-0.3, -0.25) is 4.79 Å². The lowest BCUT2D eigenvalue weighted by atomic mass is 9.98. The van der Waals surface area contributed by atoms with Crippen LogP contribution in [0.25, 0.3) is 11.1 Å². The summed E-state index contributed by atoms with van der Waals surface area (Å²) >= 11 is 2.16. The Kier molecular flexibility index (Phi) is 6.78. The number of thiol groups is 1. The van der Waals surface area contributed by atoms with Crippen molar-refractivity contribution in [3.63, 3.8) is 0 Å². The summed E-state index contributed by atoms with van der Waals surface area (Å²) < 4.78 is 20.2. The first-order chi connectivity index (χ1) is 11.9. The van der Waals surface area contributed by atoms with Gasteiger partial charge in [0.1, 0.15) is 4.08 Å². The largest absolute Gasteiger partial charge is 0.373 e. The van der Waals surface area contributed by atoms with Gasteiger partial charge in [0.05, 0.1) is 5.92 Å². The van der Waals surface area contributed by atoms with E-state index in [0.717, 1.165) is 16.7 Å². The number of hydrogen-bond acceptors (Lipinski definition) is 5. The number of rotatable bonds is 7. The van der Waals surface area contributed by atoms with E-state index in [1.807, 2.05) is 54.6 Å². The zero-order valence-electron chi connectivity index (χ0n) is 13.8. The summed E-state index contributed by atoms with van der Waals surface area (Å²) in [4.78, 5) is 15.7. The van der Waals surface area contributed by atoms with Crippen molar-refractivity contribution in [1.29, 1.82) is 0 Å². The molecule has 0 saturated heterocycles.